The number of nitrogens with one attached hydrogen (secondary N) is 1. The fourth-order valence-corrected chi connectivity index (χ4v) is 2.81. The van der Waals surface area contributed by atoms with Crippen LogP contribution in [0.2, 0.25) is 0 Å². The van der Waals surface area contributed by atoms with Crippen molar-refractivity contribution in [2.24, 2.45) is 7.05 Å². The van der Waals surface area contributed by atoms with Gasteiger partial charge in [-0.15, -0.1) is 11.3 Å². The van der Waals surface area contributed by atoms with Crippen LogP contribution in [-0.2, 0) is 7.05 Å². The van der Waals surface area contributed by atoms with Crippen LogP contribution >= 0.6 is 11.3 Å². The molecule has 18 heavy (non-hydrogen) atoms. The van der Waals surface area contributed by atoms with Crippen LogP contribution in [0.1, 0.15) is 40.3 Å². The smallest absolute Gasteiger partial charge is 0.253 e. The van der Waals surface area contributed by atoms with E-state index in [4.69, 9.17) is 0 Å². The summed E-state index contributed by atoms with van der Waals surface area (Å²) in [7, 11) is 1.95. The van der Waals surface area contributed by atoms with Gasteiger partial charge in [0.25, 0.3) is 5.91 Å². The zero-order valence-electron chi connectivity index (χ0n) is 10.9. The standard InChI is InChI=1S/C14H18N2OS/c1-4-12(13-6-5-9-18-13)15-14(17)11-7-8-16(3)10(11)2/h5-9,12H,4H2,1-3H3,(H,15,17). The lowest BCUT2D eigenvalue weighted by atomic mass is 10.1. The van der Waals surface area contributed by atoms with Crippen molar-refractivity contribution in [2.45, 2.75) is 26.3 Å². The van der Waals surface area contributed by atoms with Gasteiger partial charge in [-0.25, -0.2) is 0 Å². The van der Waals surface area contributed by atoms with Gasteiger partial charge in [-0.2, -0.15) is 0 Å². The van der Waals surface area contributed by atoms with Crippen LogP contribution in [0.4, 0.5) is 0 Å². The molecule has 0 spiro atoms. The van der Waals surface area contributed by atoms with E-state index in [0.717, 1.165) is 17.7 Å². The second-order valence-electron chi connectivity index (χ2n) is 4.38. The Balaban J connectivity index is 2.13. The highest BCUT2D eigenvalue weighted by atomic mass is 32.1. The predicted molar refractivity (Wildman–Crippen MR) is 75.0 cm³/mol. The van der Waals surface area contributed by atoms with E-state index in [1.165, 1.54) is 4.88 Å². The number of nitrogens with zero attached hydrogens (tertiary/aromatic N) is 1. The molecule has 0 aromatic carbocycles. The first-order chi connectivity index (χ1) is 8.63. The van der Waals surface area contributed by atoms with E-state index < -0.39 is 0 Å². The van der Waals surface area contributed by atoms with Gasteiger partial charge in [-0.05, 0) is 30.9 Å². The fourth-order valence-electron chi connectivity index (χ4n) is 1.95. The summed E-state index contributed by atoms with van der Waals surface area (Å²) in [4.78, 5) is 13.4. The molecule has 0 aliphatic carbocycles. The van der Waals surface area contributed by atoms with Crippen LogP contribution in [0.5, 0.6) is 0 Å². The van der Waals surface area contributed by atoms with Crippen molar-refractivity contribution in [3.05, 3.63) is 45.9 Å². The molecule has 0 fully saturated rings. The lowest BCUT2D eigenvalue weighted by Gasteiger charge is -2.15. The Kier molecular flexibility index (Phi) is 3.87. The molecule has 1 unspecified atom stereocenters. The van der Waals surface area contributed by atoms with Gasteiger partial charge in [-0.3, -0.25) is 4.79 Å². The molecule has 4 heteroatoms. The van der Waals surface area contributed by atoms with E-state index in [9.17, 15) is 4.79 Å². The molecule has 0 aliphatic heterocycles. The highest BCUT2D eigenvalue weighted by Gasteiger charge is 2.17. The molecule has 0 saturated heterocycles. The Bertz CT molecular complexity index is 528. The minimum atomic E-state index is 0.00773. The molecule has 2 aromatic rings. The number of rotatable bonds is 4. The summed E-state index contributed by atoms with van der Waals surface area (Å²) in [6, 6.07) is 6.06. The maximum absolute atomic E-state index is 12.2. The molecule has 96 valence electrons. The van der Waals surface area contributed by atoms with Crippen molar-refractivity contribution in [3.63, 3.8) is 0 Å². The van der Waals surface area contributed by atoms with Crippen molar-refractivity contribution in [2.75, 3.05) is 0 Å². The first-order valence-corrected chi connectivity index (χ1v) is 6.97. The second kappa shape index (κ2) is 5.40. The quantitative estimate of drug-likeness (QED) is 0.901. The van der Waals surface area contributed by atoms with Gasteiger partial charge in [0.2, 0.25) is 0 Å². The third-order valence-corrected chi connectivity index (χ3v) is 4.21. The van der Waals surface area contributed by atoms with Crippen LogP contribution < -0.4 is 5.32 Å². The van der Waals surface area contributed by atoms with Crippen LogP contribution in [0.3, 0.4) is 0 Å². The maximum atomic E-state index is 12.2. The number of hydrogen-bond donors (Lipinski definition) is 1. The summed E-state index contributed by atoms with van der Waals surface area (Å²) in [5, 5.41) is 5.14. The van der Waals surface area contributed by atoms with E-state index in [1.54, 1.807) is 11.3 Å². The summed E-state index contributed by atoms with van der Waals surface area (Å²) in [6.45, 7) is 4.05. The maximum Gasteiger partial charge on any atom is 0.253 e. The summed E-state index contributed by atoms with van der Waals surface area (Å²) in [5.41, 5.74) is 1.75. The number of aryl methyl sites for hydroxylation is 1. The fraction of sp³-hybridized carbons (Fsp3) is 0.357. The van der Waals surface area contributed by atoms with E-state index in [0.29, 0.717) is 0 Å². The molecule has 2 aromatic heterocycles. The number of amides is 1. The number of thiophene rings is 1. The minimum Gasteiger partial charge on any atom is -0.354 e. The molecule has 0 bridgehead atoms. The van der Waals surface area contributed by atoms with Gasteiger partial charge in [0.05, 0.1) is 11.6 Å². The van der Waals surface area contributed by atoms with E-state index in [1.807, 2.05) is 42.2 Å². The topological polar surface area (TPSA) is 34.0 Å². The Labute approximate surface area is 111 Å². The highest BCUT2D eigenvalue weighted by molar-refractivity contribution is 7.10. The minimum absolute atomic E-state index is 0.00773. The monoisotopic (exact) mass is 262 g/mol. The van der Waals surface area contributed by atoms with Crippen LogP contribution in [-0.4, -0.2) is 10.5 Å². The van der Waals surface area contributed by atoms with Crippen molar-refractivity contribution in [1.82, 2.24) is 9.88 Å². The van der Waals surface area contributed by atoms with Crippen LogP contribution in [0, 0.1) is 6.92 Å². The van der Waals surface area contributed by atoms with E-state index >= 15 is 0 Å². The van der Waals surface area contributed by atoms with Crippen molar-refractivity contribution >= 4 is 17.2 Å². The SMILES string of the molecule is CCC(NC(=O)c1ccn(C)c1C)c1cccs1. The molecule has 0 radical (unpaired) electrons. The summed E-state index contributed by atoms with van der Waals surface area (Å²) < 4.78 is 1.96. The van der Waals surface area contributed by atoms with Gasteiger partial charge < -0.3 is 9.88 Å². The Morgan fingerprint density at radius 3 is 2.78 bits per heavy atom. The molecule has 3 nitrogen and oxygen atoms in total. The largest absolute Gasteiger partial charge is 0.354 e. The zero-order valence-corrected chi connectivity index (χ0v) is 11.8. The van der Waals surface area contributed by atoms with Crippen molar-refractivity contribution in [3.8, 4) is 0 Å². The Hall–Kier alpha value is -1.55. The lowest BCUT2D eigenvalue weighted by molar-refractivity contribution is 0.0935. The Morgan fingerprint density at radius 2 is 2.28 bits per heavy atom. The number of aromatic nitrogens is 1. The summed E-state index contributed by atoms with van der Waals surface area (Å²) >= 11 is 1.68. The second-order valence-corrected chi connectivity index (χ2v) is 5.35. The van der Waals surface area contributed by atoms with Crippen molar-refractivity contribution < 1.29 is 4.79 Å². The summed E-state index contributed by atoms with van der Waals surface area (Å²) in [6.07, 6.45) is 2.81. The zero-order chi connectivity index (χ0) is 13.1. The first-order valence-electron chi connectivity index (χ1n) is 6.09. The molecule has 1 N–H and O–H groups in total. The molecular formula is C14H18N2OS. The van der Waals surface area contributed by atoms with Crippen molar-refractivity contribution in [1.29, 1.82) is 0 Å². The first kappa shape index (κ1) is 12.9. The average Bonchev–Trinajstić information content (AvgIpc) is 2.98. The Morgan fingerprint density at radius 1 is 1.50 bits per heavy atom. The number of hydrogen-bond acceptors (Lipinski definition) is 2. The van der Waals surface area contributed by atoms with Gasteiger partial charge >= 0.3 is 0 Å². The van der Waals surface area contributed by atoms with Gasteiger partial charge in [0.1, 0.15) is 0 Å². The number of carbonyl (C=O) groups is 1. The summed E-state index contributed by atoms with van der Waals surface area (Å²) in [5.74, 6) is 0.00773. The van der Waals surface area contributed by atoms with Gasteiger partial charge in [-0.1, -0.05) is 13.0 Å². The van der Waals surface area contributed by atoms with Gasteiger partial charge in [0.15, 0.2) is 0 Å². The molecular weight excluding hydrogens is 244 g/mol. The van der Waals surface area contributed by atoms with Gasteiger partial charge in [0, 0.05) is 23.8 Å². The molecule has 2 rings (SSSR count). The molecule has 1 atom stereocenters. The van der Waals surface area contributed by atoms with Crippen LogP contribution in [0.25, 0.3) is 0 Å². The van der Waals surface area contributed by atoms with Crippen LogP contribution in [0.15, 0.2) is 29.8 Å². The third kappa shape index (κ3) is 2.48. The molecule has 0 saturated carbocycles. The molecule has 1 amide bonds. The molecule has 2 heterocycles. The number of carbonyl (C=O) groups excluding carboxylic acids is 1. The highest BCUT2D eigenvalue weighted by Crippen LogP contribution is 2.22. The normalized spacial score (nSPS) is 12.4. The third-order valence-electron chi connectivity index (χ3n) is 3.23. The molecule has 0 aliphatic rings. The lowest BCUT2D eigenvalue weighted by Crippen LogP contribution is -2.28. The average molecular weight is 262 g/mol. The van der Waals surface area contributed by atoms with E-state index in [2.05, 4.69) is 18.3 Å². The predicted octanol–water partition coefficient (Wildman–Crippen LogP) is 3.28. The van der Waals surface area contributed by atoms with E-state index in [-0.39, 0.29) is 11.9 Å².